The van der Waals surface area contributed by atoms with E-state index in [1.54, 1.807) is 51.7 Å². The van der Waals surface area contributed by atoms with Gasteiger partial charge in [-0.1, -0.05) is 56.3 Å². The molecule has 3 aliphatic rings. The molecule has 2 fully saturated rings. The molecule has 1 aromatic carbocycles. The first-order valence-electron chi connectivity index (χ1n) is 20.9. The molecule has 2 heterocycles. The summed E-state index contributed by atoms with van der Waals surface area (Å²) in [6.07, 6.45) is 9.89. The molecule has 0 radical (unpaired) electrons. The zero-order chi connectivity index (χ0) is 42.7. The number of nitrogens with zero attached hydrogens (tertiary/aromatic N) is 2. The number of carbonyl (C=O) groups is 6. The topological polar surface area (TPSA) is 154 Å². The van der Waals surface area contributed by atoms with Crippen LogP contribution in [0.15, 0.2) is 70.9 Å². The van der Waals surface area contributed by atoms with Crippen molar-refractivity contribution in [2.45, 2.75) is 131 Å². The summed E-state index contributed by atoms with van der Waals surface area (Å²) in [7, 11) is 0. The summed E-state index contributed by atoms with van der Waals surface area (Å²) in [5.74, 6) is -0.783. The van der Waals surface area contributed by atoms with Crippen LogP contribution in [0.1, 0.15) is 106 Å². The summed E-state index contributed by atoms with van der Waals surface area (Å²) in [6.45, 7) is 18.8. The van der Waals surface area contributed by atoms with Gasteiger partial charge in [-0.05, 0) is 130 Å². The molecule has 12 heteroatoms. The summed E-state index contributed by atoms with van der Waals surface area (Å²) in [6, 6.07) is 7.36. The Hall–Kier alpha value is -4.84. The van der Waals surface area contributed by atoms with Crippen molar-refractivity contribution in [2.75, 3.05) is 26.2 Å². The number of nitrogens with one attached hydrogen (secondary N) is 3. The average Bonchev–Trinajstić information content (AvgIpc) is 3.64. The largest absolute Gasteiger partial charge is 0.444 e. The van der Waals surface area contributed by atoms with E-state index in [9.17, 15) is 28.8 Å². The minimum absolute atomic E-state index is 0.0870. The van der Waals surface area contributed by atoms with Gasteiger partial charge < -0.3 is 25.6 Å². The van der Waals surface area contributed by atoms with Crippen LogP contribution in [0.3, 0.4) is 0 Å². The lowest BCUT2D eigenvalue weighted by Crippen LogP contribution is -2.54. The second-order valence-electron chi connectivity index (χ2n) is 17.7. The Morgan fingerprint density at radius 3 is 2.19 bits per heavy atom. The van der Waals surface area contributed by atoms with Gasteiger partial charge in [0.15, 0.2) is 11.6 Å². The third kappa shape index (κ3) is 13.6. The van der Waals surface area contributed by atoms with Gasteiger partial charge in [0.2, 0.25) is 11.8 Å². The van der Waals surface area contributed by atoms with E-state index in [1.807, 2.05) is 50.3 Å². The molecule has 1 aliphatic carbocycles. The number of Topliss-reactive ketones (excluding diaryl/α,β-unsaturated/α-hetero) is 1. The van der Waals surface area contributed by atoms with Crippen molar-refractivity contribution in [1.82, 2.24) is 25.8 Å². The van der Waals surface area contributed by atoms with Gasteiger partial charge in [0, 0.05) is 41.4 Å². The summed E-state index contributed by atoms with van der Waals surface area (Å²) in [5.41, 5.74) is 2.00. The number of hydrogen-bond donors (Lipinski definition) is 3. The number of amides is 4. The number of piperidine rings is 1. The second kappa shape index (κ2) is 20.7. The highest BCUT2D eigenvalue weighted by Crippen LogP contribution is 2.27. The quantitative estimate of drug-likeness (QED) is 0.110. The van der Waals surface area contributed by atoms with E-state index in [-0.39, 0.29) is 47.2 Å². The van der Waals surface area contributed by atoms with E-state index in [2.05, 4.69) is 34.7 Å². The van der Waals surface area contributed by atoms with Gasteiger partial charge in [0.1, 0.15) is 17.7 Å². The van der Waals surface area contributed by atoms with Gasteiger partial charge in [0.05, 0.1) is 6.04 Å². The smallest absolute Gasteiger partial charge is 0.408 e. The third-order valence-corrected chi connectivity index (χ3v) is 10.7. The molecule has 12 nitrogen and oxygen atoms in total. The predicted molar refractivity (Wildman–Crippen MR) is 226 cm³/mol. The van der Waals surface area contributed by atoms with E-state index in [1.165, 1.54) is 6.08 Å². The summed E-state index contributed by atoms with van der Waals surface area (Å²) >= 11 is 0. The molecule has 0 bridgehead atoms. The number of ether oxygens (including phenoxy) is 1. The van der Waals surface area contributed by atoms with Gasteiger partial charge >= 0.3 is 6.09 Å². The number of likely N-dealkylation sites (tertiary alicyclic amines) is 2. The maximum atomic E-state index is 14.4. The molecule has 2 aliphatic heterocycles. The Balaban J connectivity index is 1.48. The van der Waals surface area contributed by atoms with Gasteiger partial charge in [-0.15, -0.1) is 0 Å². The SMILES string of the molecule is CC1=C(C)C(=O)C(CN2CCC(C[C@H](NC(=O)[C@@H]3CCCN3C(=O)C(/C=C/[C@H](CC(C)C)NC(=O)OC(C)(C)C)=C/c3ccccc3)C(=O)NC(C)C)CC2)=CC1=O. The fourth-order valence-corrected chi connectivity index (χ4v) is 7.61. The molecular weight excluding hydrogens is 735 g/mol. The van der Waals surface area contributed by atoms with Crippen molar-refractivity contribution in [2.24, 2.45) is 11.8 Å². The first kappa shape index (κ1) is 45.9. The maximum absolute atomic E-state index is 14.4. The van der Waals surface area contributed by atoms with Gasteiger partial charge in [-0.2, -0.15) is 0 Å². The monoisotopic (exact) mass is 799 g/mol. The number of benzene rings is 1. The van der Waals surface area contributed by atoms with Crippen LogP contribution in [0.25, 0.3) is 6.08 Å². The molecule has 316 valence electrons. The number of allylic oxidation sites excluding steroid dienone is 3. The third-order valence-electron chi connectivity index (χ3n) is 10.7. The zero-order valence-corrected chi connectivity index (χ0v) is 36.0. The van der Waals surface area contributed by atoms with Crippen molar-refractivity contribution in [1.29, 1.82) is 0 Å². The molecular formula is C46H65N5O7. The zero-order valence-electron chi connectivity index (χ0n) is 36.0. The Labute approximate surface area is 345 Å². The van der Waals surface area contributed by atoms with Gasteiger partial charge in [-0.3, -0.25) is 28.9 Å². The molecule has 0 saturated carbocycles. The first-order valence-corrected chi connectivity index (χ1v) is 20.9. The van der Waals surface area contributed by atoms with Crippen LogP contribution in [0.5, 0.6) is 0 Å². The summed E-state index contributed by atoms with van der Waals surface area (Å²) in [4.78, 5) is 83.9. The molecule has 1 aromatic rings. The molecule has 0 unspecified atom stereocenters. The Morgan fingerprint density at radius 2 is 1.57 bits per heavy atom. The van der Waals surface area contributed by atoms with E-state index >= 15 is 0 Å². The van der Waals surface area contributed by atoms with Crippen LogP contribution in [0.4, 0.5) is 4.79 Å². The molecule has 2 saturated heterocycles. The van der Waals surface area contributed by atoms with Crippen LogP contribution in [-0.2, 0) is 28.7 Å². The number of hydrogen-bond acceptors (Lipinski definition) is 8. The van der Waals surface area contributed by atoms with E-state index in [0.717, 1.165) is 18.4 Å². The van der Waals surface area contributed by atoms with Crippen molar-refractivity contribution in [3.63, 3.8) is 0 Å². The standard InChI is InChI=1S/C46H65N5O7/c1-29(2)24-37(48-45(57)58-46(7,8)9)18-17-35(25-33-14-11-10-12-15-33)44(56)51-21-13-16-39(51)43(55)49-38(42(54)47-30(3)4)26-34-19-22-50(23-20-34)28-36-27-40(52)31(5)32(6)41(36)53/h10-12,14-15,17-18,25,27,29-30,34,37-39H,13,16,19-24,26,28H2,1-9H3,(H,47,54)(H,48,57)(H,49,55)/b18-17+,35-25+/t37-,38+,39+/m1/s1. The fraction of sp³-hybridized carbons (Fsp3) is 0.565. The molecule has 58 heavy (non-hydrogen) atoms. The lowest BCUT2D eigenvalue weighted by Gasteiger charge is -2.34. The predicted octanol–water partition coefficient (Wildman–Crippen LogP) is 6.08. The first-order chi connectivity index (χ1) is 27.3. The van der Waals surface area contributed by atoms with Gasteiger partial charge in [0.25, 0.3) is 5.91 Å². The van der Waals surface area contributed by atoms with Crippen molar-refractivity contribution in [3.05, 3.63) is 76.4 Å². The van der Waals surface area contributed by atoms with E-state index in [0.29, 0.717) is 74.2 Å². The Kier molecular flexibility index (Phi) is 16.4. The Bertz CT molecular complexity index is 1790. The number of alkyl carbamates (subject to hydrolysis) is 1. The minimum atomic E-state index is -0.796. The van der Waals surface area contributed by atoms with E-state index in [4.69, 9.17) is 4.74 Å². The normalized spacial score (nSPS) is 19.8. The highest BCUT2D eigenvalue weighted by molar-refractivity contribution is 6.22. The highest BCUT2D eigenvalue weighted by atomic mass is 16.6. The number of carbonyl (C=O) groups excluding carboxylic acids is 6. The van der Waals surface area contributed by atoms with Crippen molar-refractivity contribution >= 4 is 41.5 Å². The van der Waals surface area contributed by atoms with Crippen LogP contribution >= 0.6 is 0 Å². The van der Waals surface area contributed by atoms with Crippen molar-refractivity contribution in [3.8, 4) is 0 Å². The van der Waals surface area contributed by atoms with Crippen molar-refractivity contribution < 1.29 is 33.5 Å². The van der Waals surface area contributed by atoms with Crippen LogP contribution in [0, 0.1) is 11.8 Å². The number of ketones is 2. The summed E-state index contributed by atoms with van der Waals surface area (Å²) < 4.78 is 5.51. The molecule has 3 atom stereocenters. The highest BCUT2D eigenvalue weighted by Gasteiger charge is 2.38. The minimum Gasteiger partial charge on any atom is -0.444 e. The maximum Gasteiger partial charge on any atom is 0.408 e. The molecule has 4 rings (SSSR count). The molecule has 0 aromatic heterocycles. The van der Waals surface area contributed by atoms with Crippen LogP contribution < -0.4 is 16.0 Å². The van der Waals surface area contributed by atoms with E-state index < -0.39 is 29.8 Å². The lowest BCUT2D eigenvalue weighted by molar-refractivity contribution is -0.137. The lowest BCUT2D eigenvalue weighted by atomic mass is 9.88. The fourth-order valence-electron chi connectivity index (χ4n) is 7.61. The van der Waals surface area contributed by atoms with Gasteiger partial charge in [-0.25, -0.2) is 4.79 Å². The van der Waals surface area contributed by atoms with Crippen LogP contribution in [-0.4, -0.2) is 101 Å². The average molecular weight is 800 g/mol. The molecule has 0 spiro atoms. The Morgan fingerprint density at radius 1 is 0.897 bits per heavy atom. The van der Waals surface area contributed by atoms with Crippen LogP contribution in [0.2, 0.25) is 0 Å². The summed E-state index contributed by atoms with van der Waals surface area (Å²) in [5, 5.41) is 8.94. The molecule has 3 N–H and O–H groups in total. The second-order valence-corrected chi connectivity index (χ2v) is 17.7. The molecule has 4 amide bonds. The number of rotatable bonds is 15.